The lowest BCUT2D eigenvalue weighted by Crippen LogP contribution is -2.34. The molecule has 0 aromatic rings. The molecule has 1 aliphatic heterocycles. The molecular formula is C8H14OS. The molecule has 1 saturated heterocycles. The fraction of sp³-hybridized carbons (Fsp3) is 1.00. The summed E-state index contributed by atoms with van der Waals surface area (Å²) in [6, 6.07) is 0. The molecule has 2 aliphatic rings. The van der Waals surface area contributed by atoms with E-state index in [1.165, 1.54) is 31.4 Å². The Balaban J connectivity index is 1.93. The van der Waals surface area contributed by atoms with Crippen LogP contribution in [0.4, 0.5) is 0 Å². The molecule has 0 unspecified atom stereocenters. The van der Waals surface area contributed by atoms with Gasteiger partial charge in [-0.2, -0.15) is 11.8 Å². The van der Waals surface area contributed by atoms with E-state index in [2.05, 4.69) is 11.8 Å². The fourth-order valence-electron chi connectivity index (χ4n) is 1.84. The summed E-state index contributed by atoms with van der Waals surface area (Å²) in [6.45, 7) is 0.992. The summed E-state index contributed by atoms with van der Waals surface area (Å²) in [5, 5.41) is 0.850. The van der Waals surface area contributed by atoms with Gasteiger partial charge in [0.25, 0.3) is 0 Å². The molecule has 10 heavy (non-hydrogen) atoms. The van der Waals surface area contributed by atoms with Crippen LogP contribution in [0.15, 0.2) is 0 Å². The lowest BCUT2D eigenvalue weighted by atomic mass is 9.97. The van der Waals surface area contributed by atoms with Gasteiger partial charge in [-0.3, -0.25) is 0 Å². The molecule has 1 aliphatic carbocycles. The fourth-order valence-corrected chi connectivity index (χ4v) is 3.10. The predicted octanol–water partition coefficient (Wildman–Crippen LogP) is 2.06. The summed E-state index contributed by atoms with van der Waals surface area (Å²) in [4.78, 5) is 0. The van der Waals surface area contributed by atoms with E-state index in [9.17, 15) is 0 Å². The van der Waals surface area contributed by atoms with Gasteiger partial charge in [-0.1, -0.05) is 12.8 Å². The van der Waals surface area contributed by atoms with Crippen molar-refractivity contribution in [2.45, 2.75) is 37.0 Å². The topological polar surface area (TPSA) is 9.23 Å². The van der Waals surface area contributed by atoms with Crippen molar-refractivity contribution in [1.29, 1.82) is 0 Å². The van der Waals surface area contributed by atoms with Gasteiger partial charge < -0.3 is 4.74 Å². The van der Waals surface area contributed by atoms with E-state index in [-0.39, 0.29) is 0 Å². The average molecular weight is 158 g/mol. The van der Waals surface area contributed by atoms with Gasteiger partial charge in [0.05, 0.1) is 12.7 Å². The van der Waals surface area contributed by atoms with Crippen LogP contribution in [-0.2, 0) is 4.74 Å². The van der Waals surface area contributed by atoms with Crippen LogP contribution < -0.4 is 0 Å². The van der Waals surface area contributed by atoms with Gasteiger partial charge in [0.1, 0.15) is 0 Å². The lowest BCUT2D eigenvalue weighted by Gasteiger charge is -2.34. The van der Waals surface area contributed by atoms with Crippen molar-refractivity contribution in [3.8, 4) is 0 Å². The zero-order valence-electron chi connectivity index (χ0n) is 6.21. The molecule has 58 valence electrons. The maximum Gasteiger partial charge on any atom is 0.0694 e. The Labute approximate surface area is 66.5 Å². The highest BCUT2D eigenvalue weighted by atomic mass is 32.2. The largest absolute Gasteiger partial charge is 0.376 e. The molecule has 2 rings (SSSR count). The standard InChI is InChI=1S/C8H14OS/c1-2-4-8-7(3-1)9-5-6-10-8/h7-8H,1-6H2/t7-,8-/m1/s1. The lowest BCUT2D eigenvalue weighted by molar-refractivity contribution is 0.0360. The van der Waals surface area contributed by atoms with Gasteiger partial charge in [0.2, 0.25) is 0 Å². The Morgan fingerprint density at radius 2 is 2.10 bits per heavy atom. The number of ether oxygens (including phenoxy) is 1. The second kappa shape index (κ2) is 3.14. The van der Waals surface area contributed by atoms with Gasteiger partial charge in [0.15, 0.2) is 0 Å². The van der Waals surface area contributed by atoms with Crippen LogP contribution in [0, 0.1) is 0 Å². The molecule has 1 heterocycles. The van der Waals surface area contributed by atoms with E-state index in [4.69, 9.17) is 4.74 Å². The van der Waals surface area contributed by atoms with Crippen LogP contribution in [0.1, 0.15) is 25.7 Å². The van der Waals surface area contributed by atoms with Crippen LogP contribution >= 0.6 is 11.8 Å². The molecule has 0 aromatic heterocycles. The third-order valence-electron chi connectivity index (χ3n) is 2.39. The summed E-state index contributed by atoms with van der Waals surface area (Å²) in [5.41, 5.74) is 0. The monoisotopic (exact) mass is 158 g/mol. The van der Waals surface area contributed by atoms with E-state index in [1.54, 1.807) is 0 Å². The zero-order valence-corrected chi connectivity index (χ0v) is 7.03. The first-order valence-electron chi connectivity index (χ1n) is 4.20. The van der Waals surface area contributed by atoms with E-state index >= 15 is 0 Å². The SMILES string of the molecule is C1CC[C@H]2SCCO[C@@H]2C1. The maximum atomic E-state index is 5.66. The summed E-state index contributed by atoms with van der Waals surface area (Å²) >= 11 is 2.12. The van der Waals surface area contributed by atoms with Gasteiger partial charge in [-0.25, -0.2) is 0 Å². The molecule has 0 radical (unpaired) electrons. The first-order chi connectivity index (χ1) is 4.97. The average Bonchev–Trinajstić information content (AvgIpc) is 2.05. The predicted molar refractivity (Wildman–Crippen MR) is 44.5 cm³/mol. The van der Waals surface area contributed by atoms with Crippen LogP contribution in [0.2, 0.25) is 0 Å². The summed E-state index contributed by atoms with van der Waals surface area (Å²) < 4.78 is 5.66. The van der Waals surface area contributed by atoms with Crippen molar-refractivity contribution in [2.24, 2.45) is 0 Å². The van der Waals surface area contributed by atoms with Crippen LogP contribution in [-0.4, -0.2) is 23.7 Å². The minimum atomic E-state index is 0.618. The van der Waals surface area contributed by atoms with Crippen molar-refractivity contribution >= 4 is 11.8 Å². The van der Waals surface area contributed by atoms with Gasteiger partial charge in [-0.05, 0) is 12.8 Å². The van der Waals surface area contributed by atoms with Crippen LogP contribution in [0.5, 0.6) is 0 Å². The van der Waals surface area contributed by atoms with Crippen molar-refractivity contribution in [3.63, 3.8) is 0 Å². The van der Waals surface area contributed by atoms with E-state index in [0.717, 1.165) is 11.9 Å². The molecule has 2 atom stereocenters. The highest BCUT2D eigenvalue weighted by Crippen LogP contribution is 2.33. The Bertz CT molecular complexity index is 89.8. The van der Waals surface area contributed by atoms with Crippen molar-refractivity contribution in [3.05, 3.63) is 0 Å². The van der Waals surface area contributed by atoms with E-state index in [0.29, 0.717) is 6.10 Å². The molecule has 0 amide bonds. The highest BCUT2D eigenvalue weighted by Gasteiger charge is 2.28. The first kappa shape index (κ1) is 6.99. The van der Waals surface area contributed by atoms with Crippen LogP contribution in [0.3, 0.4) is 0 Å². The molecular weight excluding hydrogens is 144 g/mol. The van der Waals surface area contributed by atoms with Crippen molar-refractivity contribution in [2.75, 3.05) is 12.4 Å². The Morgan fingerprint density at radius 1 is 1.20 bits per heavy atom. The number of fused-ring (bicyclic) bond motifs is 1. The smallest absolute Gasteiger partial charge is 0.0694 e. The van der Waals surface area contributed by atoms with Crippen LogP contribution in [0.25, 0.3) is 0 Å². The highest BCUT2D eigenvalue weighted by molar-refractivity contribution is 8.00. The maximum absolute atomic E-state index is 5.66. The summed E-state index contributed by atoms with van der Waals surface area (Å²) in [5.74, 6) is 1.22. The number of rotatable bonds is 0. The van der Waals surface area contributed by atoms with Gasteiger partial charge >= 0.3 is 0 Å². The molecule has 0 aromatic carbocycles. The Hall–Kier alpha value is 0.310. The normalized spacial score (nSPS) is 40.8. The first-order valence-corrected chi connectivity index (χ1v) is 5.25. The third-order valence-corrected chi connectivity index (χ3v) is 3.76. The van der Waals surface area contributed by atoms with Crippen molar-refractivity contribution < 1.29 is 4.74 Å². The molecule has 0 N–H and O–H groups in total. The van der Waals surface area contributed by atoms with Gasteiger partial charge in [-0.15, -0.1) is 0 Å². The number of hydrogen-bond acceptors (Lipinski definition) is 2. The molecule has 1 saturated carbocycles. The number of hydrogen-bond donors (Lipinski definition) is 0. The second-order valence-electron chi connectivity index (χ2n) is 3.10. The second-order valence-corrected chi connectivity index (χ2v) is 4.45. The minimum absolute atomic E-state index is 0.618. The third kappa shape index (κ3) is 1.32. The van der Waals surface area contributed by atoms with Gasteiger partial charge in [0, 0.05) is 11.0 Å². The summed E-state index contributed by atoms with van der Waals surface area (Å²) in [6.07, 6.45) is 6.15. The Kier molecular flexibility index (Phi) is 2.19. The Morgan fingerprint density at radius 3 is 3.00 bits per heavy atom. The molecule has 0 spiro atoms. The van der Waals surface area contributed by atoms with E-state index in [1.807, 2.05) is 0 Å². The minimum Gasteiger partial charge on any atom is -0.376 e. The number of thioether (sulfide) groups is 1. The zero-order chi connectivity index (χ0) is 6.81. The molecule has 1 nitrogen and oxygen atoms in total. The quantitative estimate of drug-likeness (QED) is 0.533. The molecule has 2 heteroatoms. The van der Waals surface area contributed by atoms with E-state index < -0.39 is 0 Å². The molecule has 0 bridgehead atoms. The molecule has 2 fully saturated rings. The van der Waals surface area contributed by atoms with Crippen molar-refractivity contribution in [1.82, 2.24) is 0 Å². The summed E-state index contributed by atoms with van der Waals surface area (Å²) in [7, 11) is 0.